The Morgan fingerprint density at radius 2 is 1.67 bits per heavy atom. The number of amides is 1. The molecule has 0 bridgehead atoms. The molecule has 0 N–H and O–H groups in total. The van der Waals surface area contributed by atoms with Gasteiger partial charge in [0.25, 0.3) is 5.91 Å². The molecule has 2 aromatic rings. The molecule has 4 heteroatoms. The summed E-state index contributed by atoms with van der Waals surface area (Å²) < 4.78 is 10.5. The van der Waals surface area contributed by atoms with Crippen molar-refractivity contribution in [2.75, 3.05) is 26.2 Å². The number of aryl methyl sites for hydroxylation is 1. The fraction of sp³-hybridized carbons (Fsp3) is 0.235. The van der Waals surface area contributed by atoms with Crippen LogP contribution in [0.4, 0.5) is 5.69 Å². The summed E-state index contributed by atoms with van der Waals surface area (Å²) in [6, 6.07) is 12.9. The molecule has 0 aliphatic heterocycles. The van der Waals surface area contributed by atoms with Crippen LogP contribution in [-0.4, -0.2) is 27.2 Å². The summed E-state index contributed by atoms with van der Waals surface area (Å²) in [6.45, 7) is 1.93. The Balaban J connectivity index is 2.34. The maximum absolute atomic E-state index is 12.6. The van der Waals surface area contributed by atoms with Gasteiger partial charge in [-0.2, -0.15) is 0 Å². The molecular weight excluding hydrogens is 266 g/mol. The Kier molecular flexibility index (Phi) is 4.48. The standard InChI is InChI=1S/C17H19NO3/c1-12-7-5-6-8-14(12)17(19)18(2)13-9-10-15(20-3)16(11-13)21-4/h5-11H,1-4H3. The van der Waals surface area contributed by atoms with E-state index in [1.165, 1.54) is 0 Å². The molecule has 2 aromatic carbocycles. The van der Waals surface area contributed by atoms with E-state index >= 15 is 0 Å². The van der Waals surface area contributed by atoms with E-state index in [2.05, 4.69) is 0 Å². The first-order valence-corrected chi connectivity index (χ1v) is 6.64. The SMILES string of the molecule is COc1ccc(N(C)C(=O)c2ccccc2C)cc1OC. The Labute approximate surface area is 124 Å². The predicted octanol–water partition coefficient (Wildman–Crippen LogP) is 3.29. The van der Waals surface area contributed by atoms with Gasteiger partial charge >= 0.3 is 0 Å². The number of carbonyl (C=O) groups is 1. The van der Waals surface area contributed by atoms with Crippen molar-refractivity contribution in [3.8, 4) is 11.5 Å². The molecule has 0 atom stereocenters. The molecular formula is C17H19NO3. The van der Waals surface area contributed by atoms with Crippen molar-refractivity contribution in [2.24, 2.45) is 0 Å². The van der Waals surface area contributed by atoms with Crippen LogP contribution >= 0.6 is 0 Å². The highest BCUT2D eigenvalue weighted by molar-refractivity contribution is 6.06. The van der Waals surface area contributed by atoms with Gasteiger partial charge in [-0.1, -0.05) is 18.2 Å². The molecule has 0 fully saturated rings. The minimum atomic E-state index is -0.0553. The zero-order chi connectivity index (χ0) is 15.4. The maximum Gasteiger partial charge on any atom is 0.258 e. The second-order valence-electron chi connectivity index (χ2n) is 4.72. The predicted molar refractivity (Wildman–Crippen MR) is 83.5 cm³/mol. The lowest BCUT2D eigenvalue weighted by molar-refractivity contribution is 0.0992. The molecule has 0 spiro atoms. The topological polar surface area (TPSA) is 38.8 Å². The molecule has 0 saturated carbocycles. The second kappa shape index (κ2) is 6.31. The summed E-state index contributed by atoms with van der Waals surface area (Å²) in [4.78, 5) is 14.2. The van der Waals surface area contributed by atoms with Gasteiger partial charge in [0.15, 0.2) is 11.5 Å². The quantitative estimate of drug-likeness (QED) is 0.865. The molecule has 21 heavy (non-hydrogen) atoms. The van der Waals surface area contributed by atoms with Gasteiger partial charge in [0.2, 0.25) is 0 Å². The van der Waals surface area contributed by atoms with Gasteiger partial charge < -0.3 is 14.4 Å². The summed E-state index contributed by atoms with van der Waals surface area (Å²) >= 11 is 0. The van der Waals surface area contributed by atoms with Crippen LogP contribution in [0.2, 0.25) is 0 Å². The number of hydrogen-bond acceptors (Lipinski definition) is 3. The monoisotopic (exact) mass is 285 g/mol. The van der Waals surface area contributed by atoms with Gasteiger partial charge in [0, 0.05) is 24.4 Å². The summed E-state index contributed by atoms with van der Waals surface area (Å²) in [6.07, 6.45) is 0. The van der Waals surface area contributed by atoms with Crippen molar-refractivity contribution in [3.63, 3.8) is 0 Å². The molecule has 0 radical (unpaired) electrons. The highest BCUT2D eigenvalue weighted by Gasteiger charge is 2.16. The number of rotatable bonds is 4. The van der Waals surface area contributed by atoms with Crippen LogP contribution in [0, 0.1) is 6.92 Å². The number of hydrogen-bond donors (Lipinski definition) is 0. The Hall–Kier alpha value is -2.49. The number of anilines is 1. The summed E-state index contributed by atoms with van der Waals surface area (Å²) in [5, 5.41) is 0. The minimum absolute atomic E-state index is 0.0553. The van der Waals surface area contributed by atoms with Crippen LogP contribution in [0.25, 0.3) is 0 Å². The first-order valence-electron chi connectivity index (χ1n) is 6.64. The van der Waals surface area contributed by atoms with Crippen LogP contribution in [0.5, 0.6) is 11.5 Å². The fourth-order valence-corrected chi connectivity index (χ4v) is 2.14. The number of methoxy groups -OCH3 is 2. The zero-order valence-corrected chi connectivity index (χ0v) is 12.7. The second-order valence-corrected chi connectivity index (χ2v) is 4.72. The summed E-state index contributed by atoms with van der Waals surface area (Å²) in [7, 11) is 4.90. The average Bonchev–Trinajstić information content (AvgIpc) is 2.53. The van der Waals surface area contributed by atoms with E-state index in [0.29, 0.717) is 17.1 Å². The lowest BCUT2D eigenvalue weighted by atomic mass is 10.1. The lowest BCUT2D eigenvalue weighted by Crippen LogP contribution is -2.26. The molecule has 2 rings (SSSR count). The largest absolute Gasteiger partial charge is 0.493 e. The van der Waals surface area contributed by atoms with Crippen LogP contribution < -0.4 is 14.4 Å². The van der Waals surface area contributed by atoms with Crippen LogP contribution in [0.3, 0.4) is 0 Å². The van der Waals surface area contributed by atoms with Crippen LogP contribution in [-0.2, 0) is 0 Å². The molecule has 0 saturated heterocycles. The van der Waals surface area contributed by atoms with Crippen LogP contribution in [0.15, 0.2) is 42.5 Å². The van der Waals surface area contributed by atoms with Crippen molar-refractivity contribution < 1.29 is 14.3 Å². The first-order chi connectivity index (χ1) is 10.1. The van der Waals surface area contributed by atoms with Gasteiger partial charge in [-0.25, -0.2) is 0 Å². The number of carbonyl (C=O) groups excluding carboxylic acids is 1. The molecule has 0 heterocycles. The Morgan fingerprint density at radius 3 is 2.29 bits per heavy atom. The first kappa shape index (κ1) is 14.9. The highest BCUT2D eigenvalue weighted by atomic mass is 16.5. The molecule has 0 aliphatic rings. The van der Waals surface area contributed by atoms with Crippen molar-refractivity contribution >= 4 is 11.6 Å². The van der Waals surface area contributed by atoms with E-state index in [0.717, 1.165) is 11.3 Å². The number of nitrogens with zero attached hydrogens (tertiary/aromatic N) is 1. The normalized spacial score (nSPS) is 10.1. The minimum Gasteiger partial charge on any atom is -0.493 e. The molecule has 110 valence electrons. The smallest absolute Gasteiger partial charge is 0.258 e. The van der Waals surface area contributed by atoms with E-state index in [9.17, 15) is 4.79 Å². The molecule has 1 amide bonds. The Bertz CT molecular complexity index is 652. The van der Waals surface area contributed by atoms with E-state index in [4.69, 9.17) is 9.47 Å². The average molecular weight is 285 g/mol. The third kappa shape index (κ3) is 2.99. The van der Waals surface area contributed by atoms with E-state index in [1.54, 1.807) is 38.3 Å². The van der Waals surface area contributed by atoms with Crippen molar-refractivity contribution in [1.29, 1.82) is 0 Å². The fourth-order valence-electron chi connectivity index (χ4n) is 2.14. The van der Waals surface area contributed by atoms with Crippen molar-refractivity contribution in [3.05, 3.63) is 53.6 Å². The molecule has 0 unspecified atom stereocenters. The number of benzene rings is 2. The highest BCUT2D eigenvalue weighted by Crippen LogP contribution is 2.31. The van der Waals surface area contributed by atoms with Gasteiger partial charge in [0.1, 0.15) is 0 Å². The third-order valence-electron chi connectivity index (χ3n) is 3.43. The molecule has 4 nitrogen and oxygen atoms in total. The van der Waals surface area contributed by atoms with Gasteiger partial charge in [-0.05, 0) is 30.7 Å². The van der Waals surface area contributed by atoms with Crippen LogP contribution in [0.1, 0.15) is 15.9 Å². The lowest BCUT2D eigenvalue weighted by Gasteiger charge is -2.20. The maximum atomic E-state index is 12.6. The van der Waals surface area contributed by atoms with Crippen molar-refractivity contribution in [2.45, 2.75) is 6.92 Å². The van der Waals surface area contributed by atoms with E-state index < -0.39 is 0 Å². The van der Waals surface area contributed by atoms with Gasteiger partial charge in [0.05, 0.1) is 14.2 Å². The molecule has 0 aliphatic carbocycles. The van der Waals surface area contributed by atoms with E-state index in [1.807, 2.05) is 37.3 Å². The van der Waals surface area contributed by atoms with Gasteiger partial charge in [-0.15, -0.1) is 0 Å². The number of ether oxygens (including phenoxy) is 2. The summed E-state index contributed by atoms with van der Waals surface area (Å²) in [5.41, 5.74) is 2.39. The zero-order valence-electron chi connectivity index (χ0n) is 12.7. The Morgan fingerprint density at radius 1 is 1.00 bits per heavy atom. The van der Waals surface area contributed by atoms with E-state index in [-0.39, 0.29) is 5.91 Å². The molecule has 0 aromatic heterocycles. The van der Waals surface area contributed by atoms with Gasteiger partial charge in [-0.3, -0.25) is 4.79 Å². The third-order valence-corrected chi connectivity index (χ3v) is 3.43. The van der Waals surface area contributed by atoms with Crippen molar-refractivity contribution in [1.82, 2.24) is 0 Å². The summed E-state index contributed by atoms with van der Waals surface area (Å²) in [5.74, 6) is 1.18.